The lowest BCUT2D eigenvalue weighted by Crippen LogP contribution is -2.47. The fraction of sp³-hybridized carbons (Fsp3) is 0.417. The molecule has 3 aromatic rings. The Morgan fingerprint density at radius 2 is 1.72 bits per heavy atom. The Morgan fingerprint density at radius 1 is 0.938 bits per heavy atom. The second-order valence-corrected chi connectivity index (χ2v) is 7.79. The maximum atomic E-state index is 12.2. The summed E-state index contributed by atoms with van der Waals surface area (Å²) in [5, 5.41) is 0. The molecule has 0 atom stereocenters. The number of fused-ring (bicyclic) bond motifs is 1. The van der Waals surface area contributed by atoms with E-state index in [1.165, 1.54) is 5.69 Å². The second-order valence-electron chi connectivity index (χ2n) is 7.79. The van der Waals surface area contributed by atoms with Crippen molar-refractivity contribution in [2.24, 2.45) is 0 Å². The van der Waals surface area contributed by atoms with Crippen molar-refractivity contribution in [3.05, 3.63) is 54.4 Å². The number of rotatable bonds is 9. The molecule has 0 spiro atoms. The van der Waals surface area contributed by atoms with Crippen molar-refractivity contribution in [3.63, 3.8) is 0 Å². The summed E-state index contributed by atoms with van der Waals surface area (Å²) < 4.78 is 17.4. The lowest BCUT2D eigenvalue weighted by atomic mass is 10.2. The van der Waals surface area contributed by atoms with Crippen LogP contribution >= 0.6 is 0 Å². The highest BCUT2D eigenvalue weighted by atomic mass is 16.6. The number of hydrogen-bond donors (Lipinski definition) is 0. The number of anilines is 1. The van der Waals surface area contributed by atoms with E-state index in [2.05, 4.69) is 39.0 Å². The van der Waals surface area contributed by atoms with E-state index in [9.17, 15) is 4.79 Å². The van der Waals surface area contributed by atoms with Gasteiger partial charge in [0.1, 0.15) is 12.9 Å². The molecule has 32 heavy (non-hydrogen) atoms. The first-order chi connectivity index (χ1) is 15.7. The fourth-order valence-corrected chi connectivity index (χ4v) is 3.94. The number of carbonyl (C=O) groups is 1. The Bertz CT molecular complexity index is 1040. The predicted octanol–water partition coefficient (Wildman–Crippen LogP) is 2.60. The highest BCUT2D eigenvalue weighted by molar-refractivity contribution is 5.94. The molecule has 8 heteroatoms. The van der Waals surface area contributed by atoms with Gasteiger partial charge in [0.05, 0.1) is 29.8 Å². The number of esters is 1. The van der Waals surface area contributed by atoms with Gasteiger partial charge in [-0.25, -0.2) is 9.78 Å². The summed E-state index contributed by atoms with van der Waals surface area (Å²) in [5.41, 5.74) is 4.43. The first-order valence-corrected chi connectivity index (χ1v) is 10.9. The molecule has 0 N–H and O–H groups in total. The normalized spacial score (nSPS) is 14.8. The van der Waals surface area contributed by atoms with E-state index in [-0.39, 0.29) is 12.6 Å². The molecule has 1 aromatic heterocycles. The minimum absolute atomic E-state index is 0.231. The molecule has 1 aliphatic rings. The number of benzene rings is 2. The van der Waals surface area contributed by atoms with Gasteiger partial charge < -0.3 is 19.1 Å². The summed E-state index contributed by atoms with van der Waals surface area (Å²) in [6.07, 6.45) is 1.80. The summed E-state index contributed by atoms with van der Waals surface area (Å²) in [5.74, 6) is -0.370. The SMILES string of the molecule is COCCOC(=O)c1ccc2c(c1)ncn2-c1cccc(N2CCN(CCOC)CC2)c1. The minimum atomic E-state index is -0.370. The van der Waals surface area contributed by atoms with Crippen molar-refractivity contribution in [1.29, 1.82) is 0 Å². The average Bonchev–Trinajstić information content (AvgIpc) is 3.26. The molecule has 1 fully saturated rings. The van der Waals surface area contributed by atoms with E-state index in [0.29, 0.717) is 12.2 Å². The van der Waals surface area contributed by atoms with Crippen molar-refractivity contribution in [2.75, 3.05) is 71.7 Å². The van der Waals surface area contributed by atoms with Crippen molar-refractivity contribution < 1.29 is 19.0 Å². The van der Waals surface area contributed by atoms with Crippen LogP contribution in [0.1, 0.15) is 10.4 Å². The third-order valence-electron chi connectivity index (χ3n) is 5.76. The molecule has 1 aliphatic heterocycles. The van der Waals surface area contributed by atoms with Gasteiger partial charge in [-0.05, 0) is 36.4 Å². The van der Waals surface area contributed by atoms with Crippen LogP contribution in [0.3, 0.4) is 0 Å². The van der Waals surface area contributed by atoms with Crippen LogP contribution < -0.4 is 4.90 Å². The molecule has 1 saturated heterocycles. The Morgan fingerprint density at radius 3 is 2.50 bits per heavy atom. The van der Waals surface area contributed by atoms with Gasteiger partial charge in [0.15, 0.2) is 0 Å². The number of methoxy groups -OCH3 is 2. The lowest BCUT2D eigenvalue weighted by Gasteiger charge is -2.36. The third kappa shape index (κ3) is 5.09. The number of imidazole rings is 1. The molecular weight excluding hydrogens is 408 g/mol. The van der Waals surface area contributed by atoms with Gasteiger partial charge in [0.25, 0.3) is 0 Å². The number of aromatic nitrogens is 2. The molecule has 0 unspecified atom stereocenters. The van der Waals surface area contributed by atoms with E-state index < -0.39 is 0 Å². The smallest absolute Gasteiger partial charge is 0.338 e. The Kier molecular flexibility index (Phi) is 7.36. The molecule has 0 amide bonds. The predicted molar refractivity (Wildman–Crippen MR) is 124 cm³/mol. The average molecular weight is 439 g/mol. The standard InChI is InChI=1S/C24H30N4O4/c1-30-13-12-26-8-10-27(11-9-26)20-4-3-5-21(17-20)28-18-25-22-16-19(6-7-23(22)28)24(29)32-15-14-31-2/h3-7,16-18H,8-15H2,1-2H3. The van der Waals surface area contributed by atoms with E-state index >= 15 is 0 Å². The first-order valence-electron chi connectivity index (χ1n) is 10.9. The summed E-state index contributed by atoms with van der Waals surface area (Å²) >= 11 is 0. The Hall–Kier alpha value is -2.94. The zero-order valence-electron chi connectivity index (χ0n) is 18.7. The highest BCUT2D eigenvalue weighted by Gasteiger charge is 2.18. The molecule has 0 bridgehead atoms. The molecule has 2 heterocycles. The van der Waals surface area contributed by atoms with Gasteiger partial charge in [-0.2, -0.15) is 0 Å². The molecule has 0 radical (unpaired) electrons. The zero-order chi connectivity index (χ0) is 22.3. The van der Waals surface area contributed by atoms with Gasteiger partial charge in [-0.3, -0.25) is 9.47 Å². The van der Waals surface area contributed by atoms with Crippen molar-refractivity contribution in [1.82, 2.24) is 14.5 Å². The number of ether oxygens (including phenoxy) is 3. The van der Waals surface area contributed by atoms with Crippen LogP contribution in [0, 0.1) is 0 Å². The lowest BCUT2D eigenvalue weighted by molar-refractivity contribution is 0.0388. The number of hydrogen-bond acceptors (Lipinski definition) is 7. The van der Waals surface area contributed by atoms with Crippen LogP contribution in [-0.2, 0) is 14.2 Å². The van der Waals surface area contributed by atoms with Gasteiger partial charge in [-0.15, -0.1) is 0 Å². The summed E-state index contributed by atoms with van der Waals surface area (Å²) in [6, 6.07) is 14.0. The van der Waals surface area contributed by atoms with Crippen LogP contribution in [0.2, 0.25) is 0 Å². The zero-order valence-corrected chi connectivity index (χ0v) is 18.7. The highest BCUT2D eigenvalue weighted by Crippen LogP contribution is 2.24. The third-order valence-corrected chi connectivity index (χ3v) is 5.76. The number of nitrogens with zero attached hydrogens (tertiary/aromatic N) is 4. The van der Waals surface area contributed by atoms with Gasteiger partial charge in [0.2, 0.25) is 0 Å². The van der Waals surface area contributed by atoms with E-state index in [0.717, 1.165) is 56.1 Å². The first kappa shape index (κ1) is 22.3. The van der Waals surface area contributed by atoms with Gasteiger partial charge in [-0.1, -0.05) is 6.07 Å². The van der Waals surface area contributed by atoms with Crippen LogP contribution in [-0.4, -0.2) is 87.2 Å². The van der Waals surface area contributed by atoms with E-state index in [1.54, 1.807) is 32.7 Å². The van der Waals surface area contributed by atoms with Crippen LogP contribution in [0.25, 0.3) is 16.7 Å². The molecule has 4 rings (SSSR count). The number of piperazine rings is 1. The Balaban J connectivity index is 1.48. The van der Waals surface area contributed by atoms with Crippen LogP contribution in [0.5, 0.6) is 0 Å². The molecule has 0 aliphatic carbocycles. The van der Waals surface area contributed by atoms with Crippen molar-refractivity contribution >= 4 is 22.7 Å². The van der Waals surface area contributed by atoms with E-state index in [1.807, 2.05) is 10.6 Å². The molecular formula is C24H30N4O4. The largest absolute Gasteiger partial charge is 0.460 e. The summed E-state index contributed by atoms with van der Waals surface area (Å²) in [6.45, 7) is 6.41. The van der Waals surface area contributed by atoms with Crippen molar-refractivity contribution in [3.8, 4) is 5.69 Å². The summed E-state index contributed by atoms with van der Waals surface area (Å²) in [7, 11) is 3.32. The van der Waals surface area contributed by atoms with E-state index in [4.69, 9.17) is 14.2 Å². The number of carbonyl (C=O) groups excluding carboxylic acids is 1. The summed E-state index contributed by atoms with van der Waals surface area (Å²) in [4.78, 5) is 21.6. The molecule has 8 nitrogen and oxygen atoms in total. The van der Waals surface area contributed by atoms with Gasteiger partial charge in [0, 0.05) is 58.3 Å². The molecule has 0 saturated carbocycles. The maximum absolute atomic E-state index is 12.2. The van der Waals surface area contributed by atoms with Crippen LogP contribution in [0.4, 0.5) is 5.69 Å². The van der Waals surface area contributed by atoms with Crippen LogP contribution in [0.15, 0.2) is 48.8 Å². The van der Waals surface area contributed by atoms with Gasteiger partial charge >= 0.3 is 5.97 Å². The fourth-order valence-electron chi connectivity index (χ4n) is 3.94. The van der Waals surface area contributed by atoms with Crippen molar-refractivity contribution in [2.45, 2.75) is 0 Å². The monoisotopic (exact) mass is 438 g/mol. The second kappa shape index (κ2) is 10.6. The quantitative estimate of drug-likeness (QED) is 0.376. The molecule has 170 valence electrons. The topological polar surface area (TPSA) is 69.1 Å². The Labute approximate surface area is 188 Å². The maximum Gasteiger partial charge on any atom is 0.338 e. The molecule has 2 aromatic carbocycles. The minimum Gasteiger partial charge on any atom is -0.460 e.